The Morgan fingerprint density at radius 1 is 0.388 bits per heavy atom. The van der Waals surface area contributed by atoms with Gasteiger partial charge in [-0.3, -0.25) is 0 Å². The van der Waals surface area contributed by atoms with Crippen molar-refractivity contribution in [3.63, 3.8) is 0 Å². The van der Waals surface area contributed by atoms with Crippen LogP contribution in [0.5, 0.6) is 0 Å². The zero-order valence-electron chi connectivity index (χ0n) is 62.9. The first-order chi connectivity index (χ1) is 46.0. The van der Waals surface area contributed by atoms with Crippen LogP contribution in [0.25, 0.3) is 0 Å². The Bertz CT molecular complexity index is 3950. The van der Waals surface area contributed by atoms with Gasteiger partial charge in [0.05, 0.1) is 0 Å². The average molecular weight is 1600 g/mol. The molecule has 0 bridgehead atoms. The van der Waals surface area contributed by atoms with E-state index in [1.807, 2.05) is 76.2 Å². The fraction of sp³-hybridized carbons (Fsp3) is 0.341. The van der Waals surface area contributed by atoms with Gasteiger partial charge in [0.25, 0.3) is 0 Å². The Labute approximate surface area is 616 Å². The Morgan fingerprint density at radius 3 is 0.949 bits per heavy atom. The van der Waals surface area contributed by atoms with Gasteiger partial charge < -0.3 is 20.2 Å². The molecular weight excluding hydrogens is 1500 g/mol. The van der Waals surface area contributed by atoms with Gasteiger partial charge in [-0.1, -0.05) is 123 Å². The van der Waals surface area contributed by atoms with Crippen LogP contribution in [0.3, 0.4) is 0 Å². The van der Waals surface area contributed by atoms with Gasteiger partial charge in [0.15, 0.2) is 0 Å². The quantitative estimate of drug-likeness (QED) is 0.119. The summed E-state index contributed by atoms with van der Waals surface area (Å²) in [6.45, 7) is 51.1. The molecule has 2 heterocycles. The molecule has 0 aliphatic rings. The Kier molecular flexibility index (Phi) is 32.2. The van der Waals surface area contributed by atoms with E-state index < -0.39 is 48.0 Å². The van der Waals surface area contributed by atoms with E-state index in [9.17, 15) is 10.2 Å². The summed E-state index contributed by atoms with van der Waals surface area (Å²) in [6, 6.07) is 58.6. The molecule has 0 aliphatic heterocycles. The zero-order chi connectivity index (χ0) is 72.9. The molecule has 0 aliphatic carbocycles. The van der Waals surface area contributed by atoms with Gasteiger partial charge in [-0.05, 0) is 150 Å². The first-order valence-corrected chi connectivity index (χ1v) is 39.8. The predicted molar refractivity (Wildman–Crippen MR) is 416 cm³/mol. The van der Waals surface area contributed by atoms with Crippen molar-refractivity contribution < 1.29 is 46.1 Å². The summed E-state index contributed by atoms with van der Waals surface area (Å²) in [6.07, 6.45) is -1.09. The molecule has 2 aromatic heterocycles. The van der Waals surface area contributed by atoms with Gasteiger partial charge in [0, 0.05) is 0 Å². The van der Waals surface area contributed by atoms with Crippen molar-refractivity contribution in [3.05, 3.63) is 314 Å². The normalized spacial score (nSPS) is 11.0. The van der Waals surface area contributed by atoms with Gasteiger partial charge in [-0.15, -0.1) is 0 Å². The Hall–Kier alpha value is -6.46. The summed E-state index contributed by atoms with van der Waals surface area (Å²) in [7, 11) is 0. The first-order valence-electron chi connectivity index (χ1n) is 33.9. The number of aryl methyl sites for hydroxylation is 16. The van der Waals surface area contributed by atoms with E-state index in [0.29, 0.717) is 21.9 Å². The molecule has 0 spiro atoms. The minimum Gasteiger partial charge on any atom is -0.665 e. The standard InChI is InChI=1S/2C19H24O.C12H17N.2C10H12.C6H3Cl2N.2C6H8N.Mo.W/c2*1-11-7-13(3)17(14(4)8-11)19(20)18-15(5)9-12(2)10-16(18)6;1-8(2)10-6-5-7-11(9(3)4)12(10)13;2*1-10(2,3)9-7-5-4-6-8-9;7-4-2-1-3-5(8)6(4)9;2*1-5-3-4-6(2)7-5;;/h2*7-10,19-20H,1-6H3;5-9H,1-4H3;2*1,4-8H,2-3H3;1-3H;2*3-4H,1-2H3;;/q;;;;;;2*-1;;. The molecule has 0 unspecified atom stereocenters. The SMILES string of the molecule is CC(C)([CH]=[W]=[N]c1c(Cl)cccc1Cl)c1ccccc1.CC(C)c1cccc(C(C)C)c1[N]=[Mo]=[CH]C(C)(C)c1ccccc1.Cc1cc(C)c(C(O)c2c(C)cc(C)cc2C)c(C)c1.Cc1cc(C)c(C(O)c2c(C)cc(C)cc2C)c(C)c1.Cc1ccc(C)[n-]1.Cc1ccc(C)[n-]1. The Balaban J connectivity index is 0.000000221. The molecule has 98 heavy (non-hydrogen) atoms. The number of aliphatic hydroxyl groups is 2. The van der Waals surface area contributed by atoms with Crippen molar-refractivity contribution in [2.75, 3.05) is 0 Å². The molecule has 520 valence electrons. The maximum absolute atomic E-state index is 10.9. The van der Waals surface area contributed by atoms with Crippen molar-refractivity contribution in [2.24, 2.45) is 6.99 Å². The van der Waals surface area contributed by atoms with Crippen molar-refractivity contribution in [2.45, 2.75) is 201 Å². The molecule has 0 amide bonds. The fourth-order valence-electron chi connectivity index (χ4n) is 12.5. The van der Waals surface area contributed by atoms with Crippen molar-refractivity contribution in [3.8, 4) is 0 Å². The molecule has 10 aromatic rings. The summed E-state index contributed by atoms with van der Waals surface area (Å²) >= 11 is 10.7. The number of nitrogens with zero attached hydrogens (tertiary/aromatic N) is 4. The summed E-state index contributed by atoms with van der Waals surface area (Å²) < 4.78 is 14.6. The van der Waals surface area contributed by atoms with Crippen LogP contribution < -0.4 is 9.97 Å². The number of benzene rings is 8. The molecule has 8 aromatic carbocycles. The second-order valence-electron chi connectivity index (χ2n) is 28.0. The van der Waals surface area contributed by atoms with Crippen LogP contribution in [0.15, 0.2) is 177 Å². The van der Waals surface area contributed by atoms with Gasteiger partial charge in [-0.2, -0.15) is 22.8 Å². The zero-order valence-corrected chi connectivity index (χ0v) is 69.3. The van der Waals surface area contributed by atoms with E-state index in [-0.39, 0.29) is 10.8 Å². The van der Waals surface area contributed by atoms with E-state index in [4.69, 9.17) is 26.7 Å². The molecule has 0 atom stereocenters. The predicted octanol–water partition coefficient (Wildman–Crippen LogP) is 24.0. The number of hydrogen-bond acceptors (Lipinski definition) is 4. The third-order valence-electron chi connectivity index (χ3n) is 17.2. The third-order valence-corrected chi connectivity index (χ3v) is 23.7. The van der Waals surface area contributed by atoms with Crippen LogP contribution in [0, 0.1) is 111 Å². The number of aromatic nitrogens is 2. The molecule has 0 saturated carbocycles. The summed E-state index contributed by atoms with van der Waals surface area (Å²) in [5, 5.41) is 23.1. The second kappa shape index (κ2) is 38.4. The van der Waals surface area contributed by atoms with Crippen LogP contribution in [-0.4, -0.2) is 19.0 Å². The van der Waals surface area contributed by atoms with Gasteiger partial charge in [0.1, 0.15) is 12.2 Å². The summed E-state index contributed by atoms with van der Waals surface area (Å²) in [4.78, 5) is 8.22. The van der Waals surface area contributed by atoms with Crippen molar-refractivity contribution in [1.82, 2.24) is 9.97 Å². The molecule has 10 heteroatoms. The van der Waals surface area contributed by atoms with E-state index in [1.54, 1.807) is 0 Å². The van der Waals surface area contributed by atoms with Crippen molar-refractivity contribution >= 4 is 43.4 Å². The molecule has 0 fully saturated rings. The number of hydrogen-bond donors (Lipinski definition) is 2. The van der Waals surface area contributed by atoms with Crippen LogP contribution >= 0.6 is 23.2 Å². The summed E-state index contributed by atoms with van der Waals surface area (Å²) in [5.74, 6) is 1.02. The van der Waals surface area contributed by atoms with Crippen LogP contribution in [-0.2, 0) is 46.7 Å². The van der Waals surface area contributed by atoms with Gasteiger partial charge in [0.2, 0.25) is 0 Å². The molecule has 0 radical (unpaired) electrons. The molecular formula is C88H108Cl2MoN4O2W-2. The molecule has 2 N–H and O–H groups in total. The van der Waals surface area contributed by atoms with Crippen LogP contribution in [0.1, 0.15) is 213 Å². The third kappa shape index (κ3) is 24.4. The van der Waals surface area contributed by atoms with Crippen LogP contribution in [0.4, 0.5) is 11.4 Å². The number of rotatable bonds is 12. The maximum atomic E-state index is 10.9. The largest absolute Gasteiger partial charge is 0.665 e. The number of aliphatic hydroxyl groups excluding tert-OH is 2. The fourth-order valence-corrected chi connectivity index (χ4v) is 17.9. The van der Waals surface area contributed by atoms with E-state index in [0.717, 1.165) is 95.2 Å². The van der Waals surface area contributed by atoms with Gasteiger partial charge in [-0.25, -0.2) is 0 Å². The van der Waals surface area contributed by atoms with E-state index in [1.165, 1.54) is 50.2 Å². The number of halogens is 2. The smallest absolute Gasteiger partial charge is 0.105 e. The van der Waals surface area contributed by atoms with E-state index in [2.05, 4.69) is 282 Å². The van der Waals surface area contributed by atoms with Crippen LogP contribution in [0.2, 0.25) is 10.0 Å². The molecule has 10 rings (SSSR count). The van der Waals surface area contributed by atoms with Crippen molar-refractivity contribution in [1.29, 1.82) is 0 Å². The van der Waals surface area contributed by atoms with Gasteiger partial charge >= 0.3 is 294 Å². The minimum atomic E-state index is -1.01. The minimum absolute atomic E-state index is 0.0309. The maximum Gasteiger partial charge on any atom is 0.105 e. The average Bonchev–Trinajstić information content (AvgIpc) is 0.883. The monoisotopic (exact) mass is 1600 g/mol. The molecule has 0 saturated heterocycles. The Morgan fingerprint density at radius 2 is 0.673 bits per heavy atom. The topological polar surface area (TPSA) is 93.4 Å². The second-order valence-corrected chi connectivity index (χ2v) is 32.6. The molecule has 6 nitrogen and oxygen atoms in total. The summed E-state index contributed by atoms with van der Waals surface area (Å²) in [5.41, 5.74) is 30.4. The first kappa shape index (κ1) is 82.2. The van der Waals surface area contributed by atoms with E-state index >= 15 is 0 Å².